The van der Waals surface area contributed by atoms with Crippen LogP contribution in [0.15, 0.2) is 35.7 Å². The summed E-state index contributed by atoms with van der Waals surface area (Å²) in [6.45, 7) is 4.94. The van der Waals surface area contributed by atoms with Gasteiger partial charge < -0.3 is 14.8 Å². The van der Waals surface area contributed by atoms with Gasteiger partial charge in [0.1, 0.15) is 13.2 Å². The van der Waals surface area contributed by atoms with Crippen molar-refractivity contribution in [2.75, 3.05) is 26.3 Å². The molecule has 0 spiro atoms. The smallest absolute Gasteiger partial charge is 0.243 e. The van der Waals surface area contributed by atoms with Gasteiger partial charge in [0, 0.05) is 25.2 Å². The molecule has 1 fully saturated rings. The Balaban J connectivity index is 1.79. The Morgan fingerprint density at radius 3 is 2.79 bits per heavy atom. The molecule has 24 heavy (non-hydrogen) atoms. The summed E-state index contributed by atoms with van der Waals surface area (Å²) in [5, 5.41) is 2.76. The molecule has 0 aromatic heterocycles. The average molecular weight is 352 g/mol. The highest BCUT2D eigenvalue weighted by Gasteiger charge is 2.31. The Kier molecular flexibility index (Phi) is 4.77. The van der Waals surface area contributed by atoms with Gasteiger partial charge in [-0.15, -0.1) is 0 Å². The van der Waals surface area contributed by atoms with Gasteiger partial charge in [-0.1, -0.05) is 6.58 Å². The van der Waals surface area contributed by atoms with Crippen molar-refractivity contribution in [3.8, 4) is 11.5 Å². The predicted octanol–water partition coefficient (Wildman–Crippen LogP) is 0.913. The molecule has 1 amide bonds. The summed E-state index contributed by atoms with van der Waals surface area (Å²) in [5.41, 5.74) is 0. The first-order valence-electron chi connectivity index (χ1n) is 7.83. The Morgan fingerprint density at radius 2 is 2.04 bits per heavy atom. The Bertz CT molecular complexity index is 747. The molecular formula is C16H20N2O5S. The Morgan fingerprint density at radius 1 is 1.29 bits per heavy atom. The first-order chi connectivity index (χ1) is 11.5. The fourth-order valence-corrected chi connectivity index (χ4v) is 4.41. The lowest BCUT2D eigenvalue weighted by Gasteiger charge is -2.32. The van der Waals surface area contributed by atoms with E-state index in [1.54, 1.807) is 6.07 Å². The van der Waals surface area contributed by atoms with Crippen LogP contribution in [0.3, 0.4) is 0 Å². The molecule has 0 aliphatic carbocycles. The summed E-state index contributed by atoms with van der Waals surface area (Å²) in [6, 6.07) is 4.42. The number of ether oxygens (including phenoxy) is 2. The lowest BCUT2D eigenvalue weighted by molar-refractivity contribution is -0.117. The molecule has 1 aromatic rings. The van der Waals surface area contributed by atoms with Gasteiger partial charge in [-0.25, -0.2) is 8.42 Å². The van der Waals surface area contributed by atoms with Gasteiger partial charge in [0.15, 0.2) is 11.5 Å². The number of carbonyl (C=O) groups is 1. The average Bonchev–Trinajstić information content (AvgIpc) is 2.61. The third-order valence-corrected chi connectivity index (χ3v) is 5.93. The van der Waals surface area contributed by atoms with E-state index in [0.29, 0.717) is 37.7 Å². The third-order valence-electron chi connectivity index (χ3n) is 4.07. The van der Waals surface area contributed by atoms with Crippen molar-refractivity contribution in [3.63, 3.8) is 0 Å². The monoisotopic (exact) mass is 352 g/mol. The Labute approximate surface area is 141 Å². The Hall–Kier alpha value is -2.06. The second-order valence-electron chi connectivity index (χ2n) is 5.72. The standard InChI is InChI=1S/C16H20N2O5S/c1-2-16(19)17-12-4-3-7-18(11-12)24(20,21)13-5-6-14-15(10-13)23-9-8-22-14/h2,5-6,10,12H,1,3-4,7-9,11H2,(H,17,19)/t12-/m0/s1. The summed E-state index contributed by atoms with van der Waals surface area (Å²) in [5.74, 6) is 0.699. The molecule has 130 valence electrons. The first-order valence-corrected chi connectivity index (χ1v) is 9.27. The summed E-state index contributed by atoms with van der Waals surface area (Å²) in [7, 11) is -3.65. The molecule has 0 bridgehead atoms. The van der Waals surface area contributed by atoms with Crippen LogP contribution >= 0.6 is 0 Å². The zero-order chi connectivity index (χ0) is 17.2. The van der Waals surface area contributed by atoms with E-state index in [2.05, 4.69) is 11.9 Å². The molecule has 1 N–H and O–H groups in total. The minimum Gasteiger partial charge on any atom is -0.486 e. The number of benzene rings is 1. The van der Waals surface area contributed by atoms with E-state index in [9.17, 15) is 13.2 Å². The molecule has 1 saturated heterocycles. The zero-order valence-electron chi connectivity index (χ0n) is 13.2. The molecule has 2 heterocycles. The lowest BCUT2D eigenvalue weighted by Crippen LogP contribution is -2.49. The van der Waals surface area contributed by atoms with Crippen molar-refractivity contribution in [3.05, 3.63) is 30.9 Å². The van der Waals surface area contributed by atoms with Crippen molar-refractivity contribution in [1.82, 2.24) is 9.62 Å². The number of amides is 1. The number of carbonyl (C=O) groups excluding carboxylic acids is 1. The van der Waals surface area contributed by atoms with Crippen molar-refractivity contribution >= 4 is 15.9 Å². The minimum absolute atomic E-state index is 0.169. The second kappa shape index (κ2) is 6.82. The molecule has 0 unspecified atom stereocenters. The van der Waals surface area contributed by atoms with E-state index in [0.717, 1.165) is 6.42 Å². The van der Waals surface area contributed by atoms with Gasteiger partial charge in [0.25, 0.3) is 0 Å². The van der Waals surface area contributed by atoms with E-state index in [4.69, 9.17) is 9.47 Å². The third kappa shape index (κ3) is 3.39. The zero-order valence-corrected chi connectivity index (χ0v) is 14.0. The largest absolute Gasteiger partial charge is 0.486 e. The van der Waals surface area contributed by atoms with E-state index < -0.39 is 10.0 Å². The normalized spacial score (nSPS) is 21.1. The molecule has 0 saturated carbocycles. The highest BCUT2D eigenvalue weighted by Crippen LogP contribution is 2.33. The van der Waals surface area contributed by atoms with Crippen LogP contribution in [0.2, 0.25) is 0 Å². The minimum atomic E-state index is -3.65. The number of fused-ring (bicyclic) bond motifs is 1. The molecular weight excluding hydrogens is 332 g/mol. The first kappa shape index (κ1) is 16.8. The number of piperidine rings is 1. The van der Waals surface area contributed by atoms with Crippen LogP contribution in [0.25, 0.3) is 0 Å². The van der Waals surface area contributed by atoms with Gasteiger partial charge >= 0.3 is 0 Å². The van der Waals surface area contributed by atoms with Crippen LogP contribution in [-0.4, -0.2) is 51.0 Å². The number of rotatable bonds is 4. The van der Waals surface area contributed by atoms with Crippen molar-refractivity contribution in [2.24, 2.45) is 0 Å². The quantitative estimate of drug-likeness (QED) is 0.815. The van der Waals surface area contributed by atoms with Crippen molar-refractivity contribution < 1.29 is 22.7 Å². The second-order valence-corrected chi connectivity index (χ2v) is 7.66. The predicted molar refractivity (Wildman–Crippen MR) is 87.6 cm³/mol. The summed E-state index contributed by atoms with van der Waals surface area (Å²) in [6.07, 6.45) is 2.62. The molecule has 1 atom stereocenters. The molecule has 7 nitrogen and oxygen atoms in total. The maximum absolute atomic E-state index is 12.9. The number of nitrogens with zero attached hydrogens (tertiary/aromatic N) is 1. The van der Waals surface area contributed by atoms with Crippen LogP contribution in [0, 0.1) is 0 Å². The molecule has 2 aliphatic heterocycles. The maximum Gasteiger partial charge on any atom is 0.243 e. The SMILES string of the molecule is C=CC(=O)N[C@H]1CCCN(S(=O)(=O)c2ccc3c(c2)OCCO3)C1. The summed E-state index contributed by atoms with van der Waals surface area (Å²) < 4.78 is 38.0. The number of hydrogen-bond donors (Lipinski definition) is 1. The maximum atomic E-state index is 12.9. The van der Waals surface area contributed by atoms with Crippen LogP contribution in [0.4, 0.5) is 0 Å². The molecule has 0 radical (unpaired) electrons. The van der Waals surface area contributed by atoms with Gasteiger partial charge in [0.2, 0.25) is 15.9 Å². The lowest BCUT2D eigenvalue weighted by atomic mass is 10.1. The summed E-state index contributed by atoms with van der Waals surface area (Å²) >= 11 is 0. The van der Waals surface area contributed by atoms with E-state index in [1.165, 1.54) is 22.5 Å². The fourth-order valence-electron chi connectivity index (χ4n) is 2.87. The van der Waals surface area contributed by atoms with E-state index in [-0.39, 0.29) is 23.4 Å². The van der Waals surface area contributed by atoms with Crippen LogP contribution in [-0.2, 0) is 14.8 Å². The van der Waals surface area contributed by atoms with Crippen LogP contribution < -0.4 is 14.8 Å². The van der Waals surface area contributed by atoms with E-state index in [1.807, 2.05) is 0 Å². The van der Waals surface area contributed by atoms with Gasteiger partial charge in [-0.05, 0) is 31.1 Å². The van der Waals surface area contributed by atoms with Crippen molar-refractivity contribution in [2.45, 2.75) is 23.8 Å². The van der Waals surface area contributed by atoms with Crippen LogP contribution in [0.1, 0.15) is 12.8 Å². The topological polar surface area (TPSA) is 84.9 Å². The fraction of sp³-hybridized carbons (Fsp3) is 0.438. The highest BCUT2D eigenvalue weighted by atomic mass is 32.2. The van der Waals surface area contributed by atoms with Gasteiger partial charge in [-0.2, -0.15) is 4.31 Å². The molecule has 3 rings (SSSR count). The van der Waals surface area contributed by atoms with Gasteiger partial charge in [-0.3, -0.25) is 4.79 Å². The number of hydrogen-bond acceptors (Lipinski definition) is 5. The van der Waals surface area contributed by atoms with Crippen molar-refractivity contribution in [1.29, 1.82) is 0 Å². The molecule has 2 aliphatic rings. The van der Waals surface area contributed by atoms with Gasteiger partial charge in [0.05, 0.1) is 4.90 Å². The number of nitrogens with one attached hydrogen (secondary N) is 1. The van der Waals surface area contributed by atoms with E-state index >= 15 is 0 Å². The molecule has 8 heteroatoms. The molecule has 1 aromatic carbocycles. The number of sulfonamides is 1. The summed E-state index contributed by atoms with van der Waals surface area (Å²) in [4.78, 5) is 11.6. The van der Waals surface area contributed by atoms with Crippen LogP contribution in [0.5, 0.6) is 11.5 Å². The highest BCUT2D eigenvalue weighted by molar-refractivity contribution is 7.89.